The van der Waals surface area contributed by atoms with Gasteiger partial charge in [0.1, 0.15) is 0 Å². The van der Waals surface area contributed by atoms with Crippen molar-refractivity contribution in [1.82, 2.24) is 9.80 Å². The van der Waals surface area contributed by atoms with Crippen molar-refractivity contribution in [1.29, 1.82) is 0 Å². The maximum Gasteiger partial charge on any atom is 0.317 e. The maximum atomic E-state index is 10.1. The van der Waals surface area contributed by atoms with E-state index in [-0.39, 0.29) is 101 Å². The molecule has 2 radical (unpaired) electrons. The fraction of sp³-hybridized carbons (Fsp3) is 0.667. The summed E-state index contributed by atoms with van der Waals surface area (Å²) in [4.78, 5) is 42.9. The molecule has 0 aromatic heterocycles. The molecule has 166 valence electrons. The molecule has 0 amide bonds. The molecule has 16 heteroatoms. The van der Waals surface area contributed by atoms with Crippen molar-refractivity contribution in [2.45, 2.75) is 0 Å². The third kappa shape index (κ3) is 32.5. The van der Waals surface area contributed by atoms with Crippen molar-refractivity contribution >= 4 is 23.9 Å². The zero-order valence-electron chi connectivity index (χ0n) is 14.9. The minimum atomic E-state index is -1.11. The van der Waals surface area contributed by atoms with E-state index in [9.17, 15) is 19.2 Å². The van der Waals surface area contributed by atoms with E-state index in [1.54, 1.807) is 0 Å². The van der Waals surface area contributed by atoms with Crippen LogP contribution in [0.1, 0.15) is 0 Å². The number of aliphatic hydroxyl groups excluding tert-OH is 2. The standard InChI is InChI=1S/2C6H11NO5.2H2O.2V/c2*8-2-1-7(3-5(9)10)4-6(11)12;;;;/h2*8H,1-4H2,(H,9,10)(H,11,12);2*1H2;;/p+2. The van der Waals surface area contributed by atoms with Crippen LogP contribution in [0.15, 0.2) is 0 Å². The molecule has 0 unspecified atom stereocenters. The van der Waals surface area contributed by atoms with Crippen LogP contribution < -0.4 is 0 Å². The zero-order valence-corrected chi connectivity index (χ0v) is 17.7. The Morgan fingerprint density at radius 3 is 0.821 bits per heavy atom. The van der Waals surface area contributed by atoms with Gasteiger partial charge in [0.2, 0.25) is 0 Å². The summed E-state index contributed by atoms with van der Waals surface area (Å²) < 4.78 is 0. The van der Waals surface area contributed by atoms with Gasteiger partial charge in [0.05, 0.1) is 39.4 Å². The molecule has 0 aliphatic carbocycles. The van der Waals surface area contributed by atoms with Crippen LogP contribution in [0, 0.1) is 0 Å². The molecule has 0 heterocycles. The number of hydrogen-bond donors (Lipinski definition) is 6. The van der Waals surface area contributed by atoms with E-state index in [1.165, 1.54) is 0 Å². The molecule has 0 aromatic carbocycles. The third-order valence-electron chi connectivity index (χ3n) is 2.27. The molecule has 0 saturated carbocycles. The number of aliphatic hydroxyl groups is 2. The smallest absolute Gasteiger partial charge is 0.317 e. The van der Waals surface area contributed by atoms with Crippen LogP contribution in [-0.2, 0) is 67.2 Å². The third-order valence-corrected chi connectivity index (χ3v) is 2.27. The Bertz CT molecular complexity index is 357. The van der Waals surface area contributed by atoms with Crippen molar-refractivity contribution in [2.24, 2.45) is 0 Å². The molecule has 0 aliphatic heterocycles. The van der Waals surface area contributed by atoms with Crippen LogP contribution in [0.5, 0.6) is 0 Å². The number of carbonyl (C=O) groups is 4. The SMILES string of the molecule is O=C(O)CN(CCO)CC(=O)O.O=C(O)CN(CCO)CC(=O)O.[OH3+].[OH3+].[V].[V]. The molecule has 0 fully saturated rings. The van der Waals surface area contributed by atoms with E-state index in [0.717, 1.165) is 9.80 Å². The van der Waals surface area contributed by atoms with Gasteiger partial charge in [0.25, 0.3) is 0 Å². The molecule has 0 spiro atoms. The zero-order chi connectivity index (χ0) is 19.1. The second kappa shape index (κ2) is 25.8. The fourth-order valence-electron chi connectivity index (χ4n) is 1.48. The second-order valence-electron chi connectivity index (χ2n) is 4.44. The number of rotatable bonds is 12. The van der Waals surface area contributed by atoms with Crippen LogP contribution in [-0.4, -0.2) is 117 Å². The molecule has 0 atom stereocenters. The van der Waals surface area contributed by atoms with Gasteiger partial charge < -0.3 is 41.6 Å². The van der Waals surface area contributed by atoms with Crippen molar-refractivity contribution in [3.63, 3.8) is 0 Å². The molecular weight excluding hydrogens is 466 g/mol. The summed E-state index contributed by atoms with van der Waals surface area (Å²) in [6.45, 7) is -1.86. The average Bonchev–Trinajstić information content (AvgIpc) is 2.36. The Kier molecular flexibility index (Phi) is 38.0. The Balaban J connectivity index is -0.0000000756. The number of carboxylic acid groups (broad SMARTS) is 4. The Labute approximate surface area is 184 Å². The van der Waals surface area contributed by atoms with Crippen LogP contribution >= 0.6 is 0 Å². The minimum absolute atomic E-state index is 0. The van der Waals surface area contributed by atoms with Gasteiger partial charge in [-0.05, 0) is 0 Å². The van der Waals surface area contributed by atoms with E-state index in [1.807, 2.05) is 0 Å². The van der Waals surface area contributed by atoms with Gasteiger partial charge in [0, 0.05) is 50.2 Å². The van der Waals surface area contributed by atoms with Gasteiger partial charge in [0.15, 0.2) is 0 Å². The average molecular weight is 494 g/mol. The molecule has 0 bridgehead atoms. The normalized spacial score (nSPS) is 8.71. The molecule has 12 N–H and O–H groups in total. The van der Waals surface area contributed by atoms with Gasteiger partial charge in [-0.3, -0.25) is 29.0 Å². The maximum absolute atomic E-state index is 10.1. The van der Waals surface area contributed by atoms with Gasteiger partial charge >= 0.3 is 23.9 Å². The van der Waals surface area contributed by atoms with Crippen molar-refractivity contribution in [2.75, 3.05) is 52.5 Å². The number of hydrogen-bond acceptors (Lipinski definition) is 8. The quantitative estimate of drug-likeness (QED) is 0.139. The number of carboxylic acids is 4. The summed E-state index contributed by atoms with van der Waals surface area (Å²) in [5.74, 6) is -4.43. The molecule has 28 heavy (non-hydrogen) atoms. The summed E-state index contributed by atoms with van der Waals surface area (Å²) in [7, 11) is 0. The van der Waals surface area contributed by atoms with E-state index < -0.39 is 23.9 Å². The predicted molar refractivity (Wildman–Crippen MR) is 87.3 cm³/mol. The number of aliphatic carboxylic acids is 4. The second-order valence-corrected chi connectivity index (χ2v) is 4.44. The van der Waals surface area contributed by atoms with Crippen molar-refractivity contribution < 1.29 is 97.9 Å². The summed E-state index contributed by atoms with van der Waals surface area (Å²) >= 11 is 0. The van der Waals surface area contributed by atoms with Gasteiger partial charge in [-0.15, -0.1) is 0 Å². The van der Waals surface area contributed by atoms with Crippen molar-refractivity contribution in [3.8, 4) is 0 Å². The summed E-state index contributed by atoms with van der Waals surface area (Å²) in [6, 6.07) is 0. The summed E-state index contributed by atoms with van der Waals surface area (Å²) in [6.07, 6.45) is 0. The van der Waals surface area contributed by atoms with Crippen LogP contribution in [0.4, 0.5) is 0 Å². The van der Waals surface area contributed by atoms with E-state index in [2.05, 4.69) is 0 Å². The molecule has 0 saturated heterocycles. The largest absolute Gasteiger partial charge is 0.480 e. The molecule has 14 nitrogen and oxygen atoms in total. The fourth-order valence-corrected chi connectivity index (χ4v) is 1.48. The van der Waals surface area contributed by atoms with E-state index in [0.29, 0.717) is 0 Å². The first-order valence-electron chi connectivity index (χ1n) is 6.65. The number of nitrogens with zero attached hydrogens (tertiary/aromatic N) is 2. The van der Waals surface area contributed by atoms with Crippen LogP contribution in [0.2, 0.25) is 0 Å². The Morgan fingerprint density at radius 1 is 0.536 bits per heavy atom. The van der Waals surface area contributed by atoms with E-state index >= 15 is 0 Å². The van der Waals surface area contributed by atoms with Gasteiger partial charge in [-0.25, -0.2) is 0 Å². The first-order valence-corrected chi connectivity index (χ1v) is 6.65. The summed E-state index contributed by atoms with van der Waals surface area (Å²) in [5, 5.41) is 50.1. The van der Waals surface area contributed by atoms with Gasteiger partial charge in [-0.2, -0.15) is 0 Å². The van der Waals surface area contributed by atoms with Crippen LogP contribution in [0.25, 0.3) is 0 Å². The Morgan fingerprint density at radius 2 is 0.714 bits per heavy atom. The monoisotopic (exact) mass is 494 g/mol. The summed E-state index contributed by atoms with van der Waals surface area (Å²) in [5.41, 5.74) is 0. The van der Waals surface area contributed by atoms with Gasteiger partial charge in [-0.1, -0.05) is 0 Å². The predicted octanol–water partition coefficient (Wildman–Crippen LogP) is -4.95. The molecule has 0 rings (SSSR count). The minimum Gasteiger partial charge on any atom is -0.480 e. The topological polar surface area (TPSA) is 262 Å². The molecule has 0 aromatic rings. The first kappa shape index (κ1) is 41.2. The van der Waals surface area contributed by atoms with Crippen molar-refractivity contribution in [3.05, 3.63) is 0 Å². The molecule has 0 aliphatic rings. The molecular formula is C12H28N2O12V2+2. The van der Waals surface area contributed by atoms with Crippen LogP contribution in [0.3, 0.4) is 0 Å². The Hall–Kier alpha value is -1.19. The van der Waals surface area contributed by atoms with E-state index in [4.69, 9.17) is 30.6 Å². The first-order chi connectivity index (χ1) is 11.1.